The van der Waals surface area contributed by atoms with Gasteiger partial charge >= 0.3 is 0 Å². The van der Waals surface area contributed by atoms with Gasteiger partial charge in [0, 0.05) is 17.9 Å². The Morgan fingerprint density at radius 3 is 2.38 bits per heavy atom. The SMILES string of the molecule is COc1cc(C(=O)N=c2sc3cc(C)ccc3n2CCSC)cc(OC)c1OC. The molecule has 1 amide bonds. The first-order chi connectivity index (χ1) is 14.0. The largest absolute Gasteiger partial charge is 0.493 e. The minimum atomic E-state index is -0.356. The van der Waals surface area contributed by atoms with Crippen molar-refractivity contribution in [2.75, 3.05) is 33.3 Å². The molecule has 0 saturated carbocycles. The van der Waals surface area contributed by atoms with E-state index in [1.165, 1.54) is 38.2 Å². The van der Waals surface area contributed by atoms with Crippen LogP contribution in [0, 0.1) is 6.92 Å². The number of amides is 1. The number of carbonyl (C=O) groups excluding carboxylic acids is 1. The zero-order chi connectivity index (χ0) is 21.0. The predicted molar refractivity (Wildman–Crippen MR) is 119 cm³/mol. The molecule has 0 saturated heterocycles. The van der Waals surface area contributed by atoms with Gasteiger partial charge in [0.1, 0.15) is 0 Å². The number of aryl methyl sites for hydroxylation is 2. The van der Waals surface area contributed by atoms with Gasteiger partial charge in [0.2, 0.25) is 5.75 Å². The van der Waals surface area contributed by atoms with E-state index in [4.69, 9.17) is 14.2 Å². The Hall–Kier alpha value is -2.45. The third-order valence-electron chi connectivity index (χ3n) is 4.47. The van der Waals surface area contributed by atoms with Gasteiger partial charge in [-0.1, -0.05) is 17.4 Å². The lowest BCUT2D eigenvalue weighted by molar-refractivity contribution is 0.0997. The highest BCUT2D eigenvalue weighted by molar-refractivity contribution is 7.98. The van der Waals surface area contributed by atoms with Crippen molar-refractivity contribution in [3.63, 3.8) is 0 Å². The van der Waals surface area contributed by atoms with Crippen molar-refractivity contribution in [1.29, 1.82) is 0 Å². The van der Waals surface area contributed by atoms with E-state index < -0.39 is 0 Å². The number of thioether (sulfide) groups is 1. The van der Waals surface area contributed by atoms with Gasteiger partial charge in [-0.25, -0.2) is 0 Å². The molecule has 29 heavy (non-hydrogen) atoms. The summed E-state index contributed by atoms with van der Waals surface area (Å²) < 4.78 is 19.3. The molecule has 2 aromatic carbocycles. The summed E-state index contributed by atoms with van der Waals surface area (Å²) in [6, 6.07) is 9.53. The first kappa shape index (κ1) is 21.3. The zero-order valence-electron chi connectivity index (χ0n) is 17.1. The second-order valence-electron chi connectivity index (χ2n) is 6.33. The van der Waals surface area contributed by atoms with Crippen LogP contribution in [0.1, 0.15) is 15.9 Å². The fraction of sp³-hybridized carbons (Fsp3) is 0.333. The first-order valence-corrected chi connectivity index (χ1v) is 11.2. The molecule has 0 radical (unpaired) electrons. The smallest absolute Gasteiger partial charge is 0.279 e. The molecule has 0 N–H and O–H groups in total. The summed E-state index contributed by atoms with van der Waals surface area (Å²) in [5.74, 6) is 1.87. The van der Waals surface area contributed by atoms with E-state index in [2.05, 4.69) is 40.9 Å². The summed E-state index contributed by atoms with van der Waals surface area (Å²) in [6.07, 6.45) is 2.07. The number of fused-ring (bicyclic) bond motifs is 1. The van der Waals surface area contributed by atoms with Gasteiger partial charge in [-0.05, 0) is 43.0 Å². The van der Waals surface area contributed by atoms with Crippen LogP contribution in [0.5, 0.6) is 17.2 Å². The number of thiazole rings is 1. The van der Waals surface area contributed by atoms with Crippen molar-refractivity contribution in [3.05, 3.63) is 46.3 Å². The normalized spacial score (nSPS) is 11.7. The Morgan fingerprint density at radius 1 is 1.10 bits per heavy atom. The standard InChI is InChI=1S/C21H24N2O4S2/c1-13-6-7-15-18(10-13)29-21(23(15)8-9-28-5)22-20(24)14-11-16(25-2)19(27-4)17(12-14)26-3/h6-7,10-12H,8-9H2,1-5H3. The van der Waals surface area contributed by atoms with Gasteiger partial charge < -0.3 is 18.8 Å². The number of rotatable bonds is 7. The second-order valence-corrected chi connectivity index (χ2v) is 8.33. The van der Waals surface area contributed by atoms with Crippen molar-refractivity contribution in [1.82, 2.24) is 4.57 Å². The van der Waals surface area contributed by atoms with Crippen molar-refractivity contribution >= 4 is 39.2 Å². The summed E-state index contributed by atoms with van der Waals surface area (Å²) >= 11 is 3.28. The molecule has 8 heteroatoms. The molecule has 0 atom stereocenters. The molecule has 3 aromatic rings. The highest BCUT2D eigenvalue weighted by atomic mass is 32.2. The molecule has 0 unspecified atom stereocenters. The lowest BCUT2D eigenvalue weighted by Crippen LogP contribution is -2.18. The Morgan fingerprint density at radius 2 is 1.79 bits per heavy atom. The van der Waals surface area contributed by atoms with Gasteiger partial charge in [0.15, 0.2) is 16.3 Å². The van der Waals surface area contributed by atoms with E-state index >= 15 is 0 Å². The van der Waals surface area contributed by atoms with Crippen LogP contribution in [0.15, 0.2) is 35.3 Å². The maximum absolute atomic E-state index is 13.0. The number of aromatic nitrogens is 1. The molecule has 0 aliphatic heterocycles. The molecule has 6 nitrogen and oxygen atoms in total. The summed E-state index contributed by atoms with van der Waals surface area (Å²) in [5.41, 5.74) is 2.65. The molecule has 0 bridgehead atoms. The highest BCUT2D eigenvalue weighted by Gasteiger charge is 2.17. The monoisotopic (exact) mass is 432 g/mol. The number of hydrogen-bond acceptors (Lipinski definition) is 6. The van der Waals surface area contributed by atoms with Gasteiger partial charge in [-0.15, -0.1) is 0 Å². The van der Waals surface area contributed by atoms with Gasteiger partial charge in [0.05, 0.1) is 31.5 Å². The van der Waals surface area contributed by atoms with E-state index in [1.54, 1.807) is 23.9 Å². The maximum atomic E-state index is 13.0. The Kier molecular flexibility index (Phi) is 6.87. The van der Waals surface area contributed by atoms with Crippen LogP contribution >= 0.6 is 23.1 Å². The highest BCUT2D eigenvalue weighted by Crippen LogP contribution is 2.38. The molecule has 0 aliphatic carbocycles. The van der Waals surface area contributed by atoms with E-state index in [0.29, 0.717) is 27.6 Å². The van der Waals surface area contributed by atoms with Gasteiger partial charge in [0.25, 0.3) is 5.91 Å². The summed E-state index contributed by atoms with van der Waals surface area (Å²) in [7, 11) is 4.57. The summed E-state index contributed by atoms with van der Waals surface area (Å²) in [5, 5.41) is 0. The Labute approximate surface area is 178 Å². The quantitative estimate of drug-likeness (QED) is 0.561. The molecule has 3 rings (SSSR count). The molecule has 0 aliphatic rings. The molecule has 0 fully saturated rings. The number of benzene rings is 2. The van der Waals surface area contributed by atoms with Crippen LogP contribution in [0.2, 0.25) is 0 Å². The minimum absolute atomic E-state index is 0.356. The van der Waals surface area contributed by atoms with Crippen LogP contribution in [-0.2, 0) is 6.54 Å². The van der Waals surface area contributed by atoms with E-state index in [9.17, 15) is 4.79 Å². The maximum Gasteiger partial charge on any atom is 0.279 e. The lowest BCUT2D eigenvalue weighted by atomic mass is 10.1. The lowest BCUT2D eigenvalue weighted by Gasteiger charge is -2.12. The topological polar surface area (TPSA) is 62.0 Å². The molecule has 1 heterocycles. The second kappa shape index (κ2) is 9.37. The van der Waals surface area contributed by atoms with Crippen molar-refractivity contribution in [3.8, 4) is 17.2 Å². The van der Waals surface area contributed by atoms with Crippen LogP contribution in [0.25, 0.3) is 10.2 Å². The molecule has 0 spiro atoms. The molecular formula is C21H24N2O4S2. The number of carbonyl (C=O) groups is 1. The summed E-state index contributed by atoms with van der Waals surface area (Å²) in [4.78, 5) is 18.1. The molecule has 154 valence electrons. The van der Waals surface area contributed by atoms with Gasteiger partial charge in [-0.2, -0.15) is 16.8 Å². The average Bonchev–Trinajstić information content (AvgIpc) is 3.06. The number of nitrogens with zero attached hydrogens (tertiary/aromatic N) is 2. The Bertz CT molecular complexity index is 1080. The fourth-order valence-electron chi connectivity index (χ4n) is 3.02. The first-order valence-electron chi connectivity index (χ1n) is 9.00. The van der Waals surface area contributed by atoms with Gasteiger partial charge in [-0.3, -0.25) is 4.79 Å². The molecular weight excluding hydrogens is 408 g/mol. The summed E-state index contributed by atoms with van der Waals surface area (Å²) in [6.45, 7) is 2.84. The van der Waals surface area contributed by atoms with Crippen LogP contribution in [0.4, 0.5) is 0 Å². The predicted octanol–water partition coefficient (Wildman–Crippen LogP) is 4.14. The fourth-order valence-corrected chi connectivity index (χ4v) is 4.54. The third kappa shape index (κ3) is 4.43. The van der Waals surface area contributed by atoms with Crippen molar-refractivity contribution in [2.24, 2.45) is 4.99 Å². The van der Waals surface area contributed by atoms with Crippen molar-refractivity contribution < 1.29 is 19.0 Å². The van der Waals surface area contributed by atoms with Crippen LogP contribution in [0.3, 0.4) is 0 Å². The number of ether oxygens (including phenoxy) is 3. The van der Waals surface area contributed by atoms with Crippen LogP contribution in [-0.4, -0.2) is 43.8 Å². The van der Waals surface area contributed by atoms with Crippen LogP contribution < -0.4 is 19.0 Å². The van der Waals surface area contributed by atoms with E-state index in [-0.39, 0.29) is 5.91 Å². The Balaban J connectivity index is 2.12. The third-order valence-corrected chi connectivity index (χ3v) is 6.10. The van der Waals surface area contributed by atoms with E-state index in [0.717, 1.165) is 22.5 Å². The minimum Gasteiger partial charge on any atom is -0.493 e. The number of methoxy groups -OCH3 is 3. The van der Waals surface area contributed by atoms with E-state index in [1.807, 2.05) is 0 Å². The van der Waals surface area contributed by atoms with Crippen molar-refractivity contribution in [2.45, 2.75) is 13.5 Å². The molecule has 1 aromatic heterocycles. The number of hydrogen-bond donors (Lipinski definition) is 0. The zero-order valence-corrected chi connectivity index (χ0v) is 18.8. The average molecular weight is 433 g/mol.